The molecule has 0 aliphatic rings. The van der Waals surface area contributed by atoms with Gasteiger partial charge in [-0.1, -0.05) is 20.3 Å². The molecule has 1 N–H and O–H groups in total. The van der Waals surface area contributed by atoms with E-state index in [1.165, 1.54) is 12.1 Å². The van der Waals surface area contributed by atoms with Crippen LogP contribution in [-0.4, -0.2) is 14.5 Å². The van der Waals surface area contributed by atoms with E-state index < -0.39 is 10.0 Å². The smallest absolute Gasteiger partial charge is 0.208 e. The molecule has 20 heavy (non-hydrogen) atoms. The van der Waals surface area contributed by atoms with Gasteiger partial charge in [0.15, 0.2) is 0 Å². The van der Waals surface area contributed by atoms with Gasteiger partial charge >= 0.3 is 0 Å². The van der Waals surface area contributed by atoms with Gasteiger partial charge in [0.1, 0.15) is 0 Å². The monoisotopic (exact) mass is 294 g/mol. The number of rotatable bonds is 6. The van der Waals surface area contributed by atoms with E-state index in [4.69, 9.17) is 5.26 Å². The van der Waals surface area contributed by atoms with E-state index in [9.17, 15) is 8.42 Å². The lowest BCUT2D eigenvalue weighted by atomic mass is 10.0. The predicted molar refractivity (Wildman–Crippen MR) is 79.7 cm³/mol. The number of sulfonamides is 1. The number of benzene rings is 1. The van der Waals surface area contributed by atoms with Gasteiger partial charge in [-0.3, -0.25) is 0 Å². The van der Waals surface area contributed by atoms with Crippen molar-refractivity contribution in [3.63, 3.8) is 0 Å². The highest BCUT2D eigenvalue weighted by Gasteiger charge is 2.20. The fourth-order valence-corrected chi connectivity index (χ4v) is 3.65. The highest BCUT2D eigenvalue weighted by molar-refractivity contribution is 7.89. The molecule has 0 saturated carbocycles. The maximum absolute atomic E-state index is 12.3. The van der Waals surface area contributed by atoms with E-state index in [1.54, 1.807) is 13.0 Å². The predicted octanol–water partition coefficient (Wildman–Crippen LogP) is 2.97. The van der Waals surface area contributed by atoms with Crippen LogP contribution in [0.25, 0.3) is 0 Å². The minimum atomic E-state index is -3.53. The number of nitriles is 1. The zero-order valence-corrected chi connectivity index (χ0v) is 13.3. The second-order valence-corrected chi connectivity index (χ2v) is 7.05. The van der Waals surface area contributed by atoms with Crippen LogP contribution in [0.15, 0.2) is 23.1 Å². The molecule has 0 radical (unpaired) electrons. The van der Waals surface area contributed by atoms with Crippen LogP contribution in [0.5, 0.6) is 0 Å². The molecule has 0 heterocycles. The summed E-state index contributed by atoms with van der Waals surface area (Å²) in [7, 11) is -3.53. The number of aryl methyl sites for hydroxylation is 1. The van der Waals surface area contributed by atoms with E-state index in [2.05, 4.69) is 18.6 Å². The Hall–Kier alpha value is -1.38. The molecule has 4 nitrogen and oxygen atoms in total. The summed E-state index contributed by atoms with van der Waals surface area (Å²) in [6, 6.07) is 6.51. The summed E-state index contributed by atoms with van der Waals surface area (Å²) < 4.78 is 27.4. The van der Waals surface area contributed by atoms with Gasteiger partial charge in [-0.15, -0.1) is 0 Å². The lowest BCUT2D eigenvalue weighted by Crippen LogP contribution is -2.34. The van der Waals surface area contributed by atoms with E-state index >= 15 is 0 Å². The van der Waals surface area contributed by atoms with Crippen molar-refractivity contribution in [2.75, 3.05) is 0 Å². The van der Waals surface area contributed by atoms with Gasteiger partial charge in [0.2, 0.25) is 10.0 Å². The normalized spacial score (nSPS) is 14.6. The summed E-state index contributed by atoms with van der Waals surface area (Å²) in [5.74, 6) is 0.481. The van der Waals surface area contributed by atoms with Gasteiger partial charge in [0.25, 0.3) is 0 Å². The molecule has 110 valence electrons. The van der Waals surface area contributed by atoms with Crippen LogP contribution >= 0.6 is 0 Å². The summed E-state index contributed by atoms with van der Waals surface area (Å²) in [6.07, 6.45) is 1.84. The average Bonchev–Trinajstić information content (AvgIpc) is 2.37. The number of nitrogens with zero attached hydrogens (tertiary/aromatic N) is 1. The van der Waals surface area contributed by atoms with Crippen molar-refractivity contribution in [1.82, 2.24) is 4.72 Å². The molecule has 1 aromatic carbocycles. The molecule has 0 saturated heterocycles. The third-order valence-corrected chi connectivity index (χ3v) is 5.15. The van der Waals surface area contributed by atoms with E-state index in [-0.39, 0.29) is 10.9 Å². The zero-order chi connectivity index (χ0) is 15.3. The van der Waals surface area contributed by atoms with Crippen LogP contribution in [0.1, 0.15) is 44.7 Å². The molecule has 0 fully saturated rings. The Labute approximate surface area is 121 Å². The van der Waals surface area contributed by atoms with Crippen molar-refractivity contribution < 1.29 is 8.42 Å². The molecule has 1 rings (SSSR count). The summed E-state index contributed by atoms with van der Waals surface area (Å²) >= 11 is 0. The Kier molecular flexibility index (Phi) is 5.73. The van der Waals surface area contributed by atoms with Gasteiger partial charge in [-0.2, -0.15) is 5.26 Å². The van der Waals surface area contributed by atoms with Gasteiger partial charge in [0, 0.05) is 6.04 Å². The Morgan fingerprint density at radius 3 is 2.50 bits per heavy atom. The first-order valence-corrected chi connectivity index (χ1v) is 8.31. The van der Waals surface area contributed by atoms with Crippen LogP contribution < -0.4 is 4.72 Å². The van der Waals surface area contributed by atoms with Crippen LogP contribution in [0, 0.1) is 24.2 Å². The average molecular weight is 294 g/mol. The lowest BCUT2D eigenvalue weighted by Gasteiger charge is -2.18. The molecule has 0 aliphatic heterocycles. The Morgan fingerprint density at radius 1 is 1.35 bits per heavy atom. The Bertz CT molecular complexity index is 603. The molecule has 0 spiro atoms. The standard InChI is InChI=1S/C15H22N2O2S/c1-5-11(2)8-13(4)17-20(18,19)15-7-6-14(10-16)9-12(15)3/h6-7,9,11,13,17H,5,8H2,1-4H3. The SMILES string of the molecule is CCC(C)CC(C)NS(=O)(=O)c1ccc(C#N)cc1C. The van der Waals surface area contributed by atoms with Crippen LogP contribution in [0.3, 0.4) is 0 Å². The zero-order valence-electron chi connectivity index (χ0n) is 12.5. The largest absolute Gasteiger partial charge is 0.241 e. The van der Waals surface area contributed by atoms with Gasteiger partial charge < -0.3 is 0 Å². The fourth-order valence-electron chi connectivity index (χ4n) is 2.17. The third kappa shape index (κ3) is 4.32. The Balaban J connectivity index is 2.92. The van der Waals surface area contributed by atoms with Crippen molar-refractivity contribution in [1.29, 1.82) is 5.26 Å². The summed E-state index contributed by atoms with van der Waals surface area (Å²) in [6.45, 7) is 7.78. The first-order valence-electron chi connectivity index (χ1n) is 6.83. The molecule has 0 amide bonds. The quantitative estimate of drug-likeness (QED) is 0.877. The number of nitrogens with one attached hydrogen (secondary N) is 1. The first kappa shape index (κ1) is 16.7. The maximum Gasteiger partial charge on any atom is 0.241 e. The van der Waals surface area contributed by atoms with Crippen molar-refractivity contribution in [2.24, 2.45) is 5.92 Å². The number of hydrogen-bond donors (Lipinski definition) is 1. The highest BCUT2D eigenvalue weighted by atomic mass is 32.2. The molecular weight excluding hydrogens is 272 g/mol. The first-order chi connectivity index (χ1) is 9.30. The molecule has 5 heteroatoms. The number of hydrogen-bond acceptors (Lipinski definition) is 3. The molecule has 0 aromatic heterocycles. The molecule has 1 aromatic rings. The molecule has 2 unspecified atom stereocenters. The minimum Gasteiger partial charge on any atom is -0.208 e. The van der Waals surface area contributed by atoms with Crippen LogP contribution in [0.2, 0.25) is 0 Å². The van der Waals surface area contributed by atoms with E-state index in [1.807, 2.05) is 13.0 Å². The van der Waals surface area contributed by atoms with E-state index in [0.717, 1.165) is 12.8 Å². The second kappa shape index (κ2) is 6.87. The van der Waals surface area contributed by atoms with Crippen molar-refractivity contribution in [3.8, 4) is 6.07 Å². The maximum atomic E-state index is 12.3. The highest BCUT2D eigenvalue weighted by Crippen LogP contribution is 2.18. The third-order valence-electron chi connectivity index (χ3n) is 3.40. The summed E-state index contributed by atoms with van der Waals surface area (Å²) in [5.41, 5.74) is 1.06. The summed E-state index contributed by atoms with van der Waals surface area (Å²) in [4.78, 5) is 0.243. The van der Waals surface area contributed by atoms with Crippen molar-refractivity contribution in [2.45, 2.75) is 51.5 Å². The van der Waals surface area contributed by atoms with Crippen molar-refractivity contribution in [3.05, 3.63) is 29.3 Å². The molecule has 0 aliphatic carbocycles. The molecule has 0 bridgehead atoms. The van der Waals surface area contributed by atoms with Crippen molar-refractivity contribution >= 4 is 10.0 Å². The molecule has 2 atom stereocenters. The second-order valence-electron chi connectivity index (χ2n) is 5.36. The Morgan fingerprint density at radius 2 is 2.00 bits per heavy atom. The lowest BCUT2D eigenvalue weighted by molar-refractivity contribution is 0.445. The summed E-state index contributed by atoms with van der Waals surface area (Å²) in [5, 5.41) is 8.81. The fraction of sp³-hybridized carbons (Fsp3) is 0.533. The topological polar surface area (TPSA) is 70.0 Å². The van der Waals surface area contributed by atoms with E-state index in [0.29, 0.717) is 17.0 Å². The van der Waals surface area contributed by atoms with Gasteiger partial charge in [-0.25, -0.2) is 13.1 Å². The molecular formula is C15H22N2O2S. The van der Waals surface area contributed by atoms with Crippen LogP contribution in [0.4, 0.5) is 0 Å². The van der Waals surface area contributed by atoms with Gasteiger partial charge in [-0.05, 0) is 49.9 Å². The van der Waals surface area contributed by atoms with Gasteiger partial charge in [0.05, 0.1) is 16.5 Å². The van der Waals surface area contributed by atoms with Crippen LogP contribution in [-0.2, 0) is 10.0 Å². The minimum absolute atomic E-state index is 0.106.